The number of benzene rings is 2. The Kier molecular flexibility index (Phi) is 4.65. The highest BCUT2D eigenvalue weighted by Crippen LogP contribution is 2.46. The molecule has 0 fully saturated rings. The molecule has 1 aliphatic carbocycles. The van der Waals surface area contributed by atoms with Crippen LogP contribution in [0.5, 0.6) is 0 Å². The Morgan fingerprint density at radius 3 is 2.14 bits per heavy atom. The molecular formula is C24H30N2O2S. The van der Waals surface area contributed by atoms with Gasteiger partial charge in [-0.15, -0.1) is 0 Å². The molecule has 0 radical (unpaired) electrons. The zero-order valence-electron chi connectivity index (χ0n) is 18.0. The Morgan fingerprint density at radius 1 is 0.897 bits per heavy atom. The highest BCUT2D eigenvalue weighted by Gasteiger charge is 2.37. The molecule has 0 amide bonds. The Hall–Kier alpha value is -2.14. The van der Waals surface area contributed by atoms with Gasteiger partial charge in [-0.1, -0.05) is 39.8 Å². The van der Waals surface area contributed by atoms with Gasteiger partial charge in [-0.3, -0.25) is 5.01 Å². The average Bonchev–Trinajstić information content (AvgIpc) is 3.15. The monoisotopic (exact) mass is 410 g/mol. The van der Waals surface area contributed by atoms with E-state index in [1.165, 1.54) is 35.8 Å². The zero-order valence-corrected chi connectivity index (χ0v) is 18.8. The lowest BCUT2D eigenvalue weighted by atomic mass is 9.63. The fraction of sp³-hybridized carbons (Fsp3) is 0.458. The molecule has 0 spiro atoms. The van der Waals surface area contributed by atoms with E-state index < -0.39 is 9.84 Å². The van der Waals surface area contributed by atoms with Gasteiger partial charge in [0.05, 0.1) is 16.3 Å². The molecule has 0 saturated carbocycles. The summed E-state index contributed by atoms with van der Waals surface area (Å²) in [5.74, 6) is 0. The second kappa shape index (κ2) is 6.69. The molecule has 0 unspecified atom stereocenters. The third-order valence-electron chi connectivity index (χ3n) is 6.55. The third-order valence-corrected chi connectivity index (χ3v) is 7.68. The lowest BCUT2D eigenvalue weighted by Crippen LogP contribution is -2.34. The van der Waals surface area contributed by atoms with Crippen molar-refractivity contribution < 1.29 is 8.42 Å². The first kappa shape index (κ1) is 20.1. The maximum Gasteiger partial charge on any atom is 0.175 e. The first-order valence-electron chi connectivity index (χ1n) is 10.3. The molecule has 29 heavy (non-hydrogen) atoms. The van der Waals surface area contributed by atoms with Crippen molar-refractivity contribution in [3.05, 3.63) is 59.2 Å². The first-order valence-corrected chi connectivity index (χ1v) is 12.2. The molecule has 1 aliphatic heterocycles. The summed E-state index contributed by atoms with van der Waals surface area (Å²) in [6.45, 7) is 10.2. The molecule has 0 saturated heterocycles. The van der Waals surface area contributed by atoms with Crippen molar-refractivity contribution in [1.29, 1.82) is 0 Å². The summed E-state index contributed by atoms with van der Waals surface area (Å²) in [7, 11) is -3.18. The second-order valence-electron chi connectivity index (χ2n) is 9.71. The summed E-state index contributed by atoms with van der Waals surface area (Å²) in [5, 5.41) is 6.82. The normalized spacial score (nSPS) is 20.3. The molecule has 0 bridgehead atoms. The fourth-order valence-corrected chi connectivity index (χ4v) is 5.11. The summed E-state index contributed by atoms with van der Waals surface area (Å²) in [5.41, 5.74) is 6.53. The van der Waals surface area contributed by atoms with Crippen molar-refractivity contribution in [3.8, 4) is 0 Å². The van der Waals surface area contributed by atoms with E-state index in [1.807, 2.05) is 17.1 Å². The van der Waals surface area contributed by atoms with Gasteiger partial charge in [-0.25, -0.2) is 8.42 Å². The molecule has 4 nitrogen and oxygen atoms in total. The van der Waals surface area contributed by atoms with Crippen LogP contribution >= 0.6 is 0 Å². The summed E-state index contributed by atoms with van der Waals surface area (Å²) < 4.78 is 23.4. The van der Waals surface area contributed by atoms with E-state index in [1.54, 1.807) is 12.1 Å². The minimum absolute atomic E-state index is 0.182. The van der Waals surface area contributed by atoms with Gasteiger partial charge in [0.1, 0.15) is 0 Å². The summed E-state index contributed by atoms with van der Waals surface area (Å²) in [4.78, 5) is 0.337. The molecule has 0 atom stereocenters. The summed E-state index contributed by atoms with van der Waals surface area (Å²) in [6.07, 6.45) is 4.52. The Morgan fingerprint density at radius 2 is 1.52 bits per heavy atom. The predicted octanol–water partition coefficient (Wildman–Crippen LogP) is 5.05. The van der Waals surface area contributed by atoms with E-state index in [0.29, 0.717) is 4.90 Å². The predicted molar refractivity (Wildman–Crippen MR) is 120 cm³/mol. The first-order chi connectivity index (χ1) is 13.5. The Labute approximate surface area is 174 Å². The number of rotatable bonds is 3. The lowest BCUT2D eigenvalue weighted by Gasteiger charge is -2.42. The number of fused-ring (bicyclic) bond motifs is 1. The number of hydrazone groups is 1. The van der Waals surface area contributed by atoms with Gasteiger partial charge >= 0.3 is 0 Å². The van der Waals surface area contributed by atoms with E-state index in [4.69, 9.17) is 5.10 Å². The highest BCUT2D eigenvalue weighted by molar-refractivity contribution is 7.90. The SMILES string of the molecule is CC1(C)CCC(C)(C)c2cc(C3=NN(c4ccc(S(C)(=O)=O)cc4)CC3)ccc21. The fourth-order valence-electron chi connectivity index (χ4n) is 4.48. The average molecular weight is 411 g/mol. The van der Waals surface area contributed by atoms with E-state index >= 15 is 0 Å². The summed E-state index contributed by atoms with van der Waals surface area (Å²) >= 11 is 0. The molecule has 2 aromatic rings. The van der Waals surface area contributed by atoms with Crippen LogP contribution in [0.25, 0.3) is 0 Å². The van der Waals surface area contributed by atoms with Crippen LogP contribution in [0.2, 0.25) is 0 Å². The van der Waals surface area contributed by atoms with Gasteiger partial charge in [0.2, 0.25) is 0 Å². The number of anilines is 1. The van der Waals surface area contributed by atoms with Crippen LogP contribution in [0.4, 0.5) is 5.69 Å². The minimum atomic E-state index is -3.18. The van der Waals surface area contributed by atoms with Crippen molar-refractivity contribution in [2.45, 2.75) is 62.7 Å². The molecule has 0 N–H and O–H groups in total. The van der Waals surface area contributed by atoms with Gasteiger partial charge in [-0.2, -0.15) is 5.10 Å². The zero-order chi connectivity index (χ0) is 21.0. The largest absolute Gasteiger partial charge is 0.265 e. The van der Waals surface area contributed by atoms with E-state index in [-0.39, 0.29) is 10.8 Å². The Balaban J connectivity index is 1.65. The Bertz CT molecular complexity index is 1080. The van der Waals surface area contributed by atoms with Crippen LogP contribution < -0.4 is 5.01 Å². The van der Waals surface area contributed by atoms with Gasteiger partial charge in [0, 0.05) is 19.2 Å². The van der Waals surface area contributed by atoms with Crippen molar-refractivity contribution in [2.75, 3.05) is 17.8 Å². The molecule has 0 aromatic heterocycles. The van der Waals surface area contributed by atoms with Crippen molar-refractivity contribution in [1.82, 2.24) is 0 Å². The molecule has 2 aromatic carbocycles. The molecule has 2 aliphatic rings. The van der Waals surface area contributed by atoms with Gasteiger partial charge in [-0.05, 0) is 70.7 Å². The third kappa shape index (κ3) is 3.73. The van der Waals surface area contributed by atoms with Crippen LogP contribution in [0, 0.1) is 0 Å². The standard InChI is InChI=1S/C24H30N2O2S/c1-23(2)13-14-24(3,4)21-16-17(6-11-20(21)23)22-12-15-26(25-22)18-7-9-19(10-8-18)29(5,27)28/h6-11,16H,12-15H2,1-5H3. The molecule has 1 heterocycles. The van der Waals surface area contributed by atoms with Crippen molar-refractivity contribution in [2.24, 2.45) is 5.10 Å². The van der Waals surface area contributed by atoms with Crippen molar-refractivity contribution >= 4 is 21.2 Å². The molecular weight excluding hydrogens is 380 g/mol. The van der Waals surface area contributed by atoms with Crippen LogP contribution in [0.3, 0.4) is 0 Å². The summed E-state index contributed by atoms with van der Waals surface area (Å²) in [6, 6.07) is 13.9. The highest BCUT2D eigenvalue weighted by atomic mass is 32.2. The van der Waals surface area contributed by atoms with Crippen LogP contribution in [0.15, 0.2) is 52.5 Å². The van der Waals surface area contributed by atoms with Gasteiger partial charge in [0.15, 0.2) is 9.84 Å². The topological polar surface area (TPSA) is 49.7 Å². The maximum absolute atomic E-state index is 11.7. The number of hydrogen-bond donors (Lipinski definition) is 0. The smallest absolute Gasteiger partial charge is 0.175 e. The molecule has 4 rings (SSSR count). The minimum Gasteiger partial charge on any atom is -0.265 e. The molecule has 154 valence electrons. The van der Waals surface area contributed by atoms with E-state index in [0.717, 1.165) is 24.4 Å². The van der Waals surface area contributed by atoms with Gasteiger partial charge < -0.3 is 0 Å². The lowest BCUT2D eigenvalue weighted by molar-refractivity contribution is 0.332. The maximum atomic E-state index is 11.7. The van der Waals surface area contributed by atoms with Crippen LogP contribution in [-0.4, -0.2) is 26.9 Å². The van der Waals surface area contributed by atoms with E-state index in [2.05, 4.69) is 45.9 Å². The second-order valence-corrected chi connectivity index (χ2v) is 11.7. The van der Waals surface area contributed by atoms with Gasteiger partial charge in [0.25, 0.3) is 0 Å². The number of nitrogens with zero attached hydrogens (tertiary/aromatic N) is 2. The number of sulfone groups is 1. The van der Waals surface area contributed by atoms with Crippen LogP contribution in [-0.2, 0) is 20.7 Å². The number of hydrogen-bond acceptors (Lipinski definition) is 4. The molecule has 5 heteroatoms. The quantitative estimate of drug-likeness (QED) is 0.711. The van der Waals surface area contributed by atoms with Crippen LogP contribution in [0.1, 0.15) is 63.6 Å². The van der Waals surface area contributed by atoms with Crippen molar-refractivity contribution in [3.63, 3.8) is 0 Å². The van der Waals surface area contributed by atoms with E-state index in [9.17, 15) is 8.42 Å².